The van der Waals surface area contributed by atoms with Gasteiger partial charge in [0.2, 0.25) is 0 Å². The number of anilines is 1. The van der Waals surface area contributed by atoms with E-state index >= 15 is 0 Å². The lowest BCUT2D eigenvalue weighted by atomic mass is 10.0. The molecule has 1 aromatic heterocycles. The maximum Gasteiger partial charge on any atom is 0.147 e. The van der Waals surface area contributed by atoms with Crippen LogP contribution in [-0.2, 0) is 19.5 Å². The Bertz CT molecular complexity index is 636. The number of fused-ring (bicyclic) bond motifs is 1. The summed E-state index contributed by atoms with van der Waals surface area (Å²) in [5, 5.41) is 3.50. The molecule has 0 bridgehead atoms. The summed E-state index contributed by atoms with van der Waals surface area (Å²) < 4.78 is 0. The predicted octanol–water partition coefficient (Wildman–Crippen LogP) is 2.29. The van der Waals surface area contributed by atoms with E-state index in [-0.39, 0.29) is 0 Å². The Morgan fingerprint density at radius 3 is 2.86 bits per heavy atom. The average molecular weight is 280 g/mol. The van der Waals surface area contributed by atoms with Crippen molar-refractivity contribution in [3.8, 4) is 0 Å². The van der Waals surface area contributed by atoms with E-state index in [4.69, 9.17) is 4.98 Å². The van der Waals surface area contributed by atoms with Crippen LogP contribution in [-0.4, -0.2) is 22.6 Å². The second kappa shape index (κ2) is 5.45. The van der Waals surface area contributed by atoms with Crippen molar-refractivity contribution in [3.63, 3.8) is 0 Å². The molecule has 21 heavy (non-hydrogen) atoms. The average Bonchev–Trinajstić information content (AvgIpc) is 3.37. The second-order valence-electron chi connectivity index (χ2n) is 5.96. The Hall–Kier alpha value is -1.94. The molecule has 0 unspecified atom stereocenters. The minimum Gasteiger partial charge on any atom is -0.351 e. The van der Waals surface area contributed by atoms with Gasteiger partial charge in [-0.3, -0.25) is 4.98 Å². The molecule has 108 valence electrons. The van der Waals surface area contributed by atoms with Crippen molar-refractivity contribution in [2.45, 2.75) is 38.4 Å². The molecule has 0 saturated heterocycles. The van der Waals surface area contributed by atoms with Crippen LogP contribution in [0.1, 0.15) is 29.7 Å². The minimum absolute atomic E-state index is 0.706. The lowest BCUT2D eigenvalue weighted by Gasteiger charge is -2.29. The van der Waals surface area contributed by atoms with Gasteiger partial charge in [0.15, 0.2) is 0 Å². The molecule has 1 fully saturated rings. The summed E-state index contributed by atoms with van der Waals surface area (Å²) in [7, 11) is 0. The van der Waals surface area contributed by atoms with Crippen LogP contribution in [0.15, 0.2) is 36.7 Å². The lowest BCUT2D eigenvalue weighted by molar-refractivity contribution is 0.663. The van der Waals surface area contributed by atoms with Crippen molar-refractivity contribution in [2.75, 3.05) is 11.4 Å². The third-order valence-electron chi connectivity index (χ3n) is 4.28. The van der Waals surface area contributed by atoms with Crippen molar-refractivity contribution in [2.24, 2.45) is 0 Å². The third-order valence-corrected chi connectivity index (χ3v) is 4.28. The first-order valence-corrected chi connectivity index (χ1v) is 7.74. The summed E-state index contributed by atoms with van der Waals surface area (Å²) >= 11 is 0. The third kappa shape index (κ3) is 2.90. The smallest absolute Gasteiger partial charge is 0.147 e. The first-order chi connectivity index (χ1) is 10.4. The topological polar surface area (TPSA) is 41.1 Å². The molecule has 1 aliphatic heterocycles. The summed E-state index contributed by atoms with van der Waals surface area (Å²) in [6.45, 7) is 2.78. The second-order valence-corrected chi connectivity index (χ2v) is 5.96. The zero-order valence-corrected chi connectivity index (χ0v) is 12.1. The first kappa shape index (κ1) is 12.8. The van der Waals surface area contributed by atoms with Crippen LogP contribution >= 0.6 is 0 Å². The number of hydrogen-bond acceptors (Lipinski definition) is 4. The van der Waals surface area contributed by atoms with Gasteiger partial charge in [0.25, 0.3) is 0 Å². The number of rotatable bonds is 4. The van der Waals surface area contributed by atoms with Gasteiger partial charge in [-0.1, -0.05) is 24.3 Å². The van der Waals surface area contributed by atoms with Crippen molar-refractivity contribution in [1.29, 1.82) is 0 Å². The van der Waals surface area contributed by atoms with Gasteiger partial charge in [-0.2, -0.15) is 0 Å². The first-order valence-electron chi connectivity index (χ1n) is 7.74. The van der Waals surface area contributed by atoms with Gasteiger partial charge in [-0.25, -0.2) is 4.98 Å². The molecule has 0 amide bonds. The van der Waals surface area contributed by atoms with Crippen LogP contribution in [0.3, 0.4) is 0 Å². The van der Waals surface area contributed by atoms with E-state index < -0.39 is 0 Å². The molecule has 2 aliphatic rings. The highest BCUT2D eigenvalue weighted by Gasteiger charge is 2.21. The molecule has 0 atom stereocenters. The van der Waals surface area contributed by atoms with E-state index in [1.165, 1.54) is 24.0 Å². The Kier molecular flexibility index (Phi) is 3.31. The zero-order chi connectivity index (χ0) is 14.1. The van der Waals surface area contributed by atoms with E-state index in [1.807, 2.05) is 12.4 Å². The quantitative estimate of drug-likeness (QED) is 0.933. The summed E-state index contributed by atoms with van der Waals surface area (Å²) in [5.41, 5.74) is 3.92. The SMILES string of the molecule is c1ccc2c(c1)CCN(c1cncc(CNC3CC3)n1)C2. The Morgan fingerprint density at radius 1 is 1.14 bits per heavy atom. The van der Waals surface area contributed by atoms with Gasteiger partial charge in [0, 0.05) is 31.9 Å². The summed E-state index contributed by atoms with van der Waals surface area (Å²) in [5.74, 6) is 1.000. The minimum atomic E-state index is 0.706. The molecule has 4 nitrogen and oxygen atoms in total. The van der Waals surface area contributed by atoms with Gasteiger partial charge < -0.3 is 10.2 Å². The van der Waals surface area contributed by atoms with Gasteiger partial charge >= 0.3 is 0 Å². The highest BCUT2D eigenvalue weighted by molar-refractivity contribution is 5.43. The molecule has 4 rings (SSSR count). The molecule has 0 radical (unpaired) electrons. The molecule has 1 saturated carbocycles. The monoisotopic (exact) mass is 280 g/mol. The van der Waals surface area contributed by atoms with Crippen LogP contribution in [0.5, 0.6) is 0 Å². The fourth-order valence-electron chi connectivity index (χ4n) is 2.86. The van der Waals surface area contributed by atoms with Crippen LogP contribution in [0, 0.1) is 0 Å². The fourth-order valence-corrected chi connectivity index (χ4v) is 2.86. The number of aromatic nitrogens is 2. The van der Waals surface area contributed by atoms with Crippen molar-refractivity contribution in [3.05, 3.63) is 53.5 Å². The fraction of sp³-hybridized carbons (Fsp3) is 0.412. The molecule has 2 heterocycles. The van der Waals surface area contributed by atoms with E-state index in [2.05, 4.69) is 39.5 Å². The molecule has 1 aromatic carbocycles. The van der Waals surface area contributed by atoms with E-state index in [1.54, 1.807) is 0 Å². The molecule has 1 N–H and O–H groups in total. The molecular formula is C17H20N4. The van der Waals surface area contributed by atoms with Crippen molar-refractivity contribution >= 4 is 5.82 Å². The van der Waals surface area contributed by atoms with Gasteiger partial charge in [0.1, 0.15) is 5.82 Å². The van der Waals surface area contributed by atoms with Crippen LogP contribution in [0.2, 0.25) is 0 Å². The number of hydrogen-bond donors (Lipinski definition) is 1. The highest BCUT2D eigenvalue weighted by atomic mass is 15.2. The summed E-state index contributed by atoms with van der Waals surface area (Å²) in [6, 6.07) is 9.39. The van der Waals surface area contributed by atoms with E-state index in [0.717, 1.165) is 37.6 Å². The van der Waals surface area contributed by atoms with Gasteiger partial charge in [-0.15, -0.1) is 0 Å². The maximum atomic E-state index is 4.77. The zero-order valence-electron chi connectivity index (χ0n) is 12.1. The van der Waals surface area contributed by atoms with E-state index in [0.29, 0.717) is 6.04 Å². The van der Waals surface area contributed by atoms with Crippen LogP contribution in [0.4, 0.5) is 5.82 Å². The van der Waals surface area contributed by atoms with E-state index in [9.17, 15) is 0 Å². The Balaban J connectivity index is 1.49. The highest BCUT2D eigenvalue weighted by Crippen LogP contribution is 2.23. The number of nitrogens with one attached hydrogen (secondary N) is 1. The molecule has 1 aliphatic carbocycles. The maximum absolute atomic E-state index is 4.77. The Morgan fingerprint density at radius 2 is 2.00 bits per heavy atom. The van der Waals surface area contributed by atoms with Crippen LogP contribution < -0.4 is 10.2 Å². The molecule has 2 aromatic rings. The van der Waals surface area contributed by atoms with Gasteiger partial charge in [-0.05, 0) is 30.4 Å². The standard InChI is InChI=1S/C17H20N4/c1-2-4-14-12-21(8-7-13(14)3-1)17-11-18-9-16(20-17)10-19-15-5-6-15/h1-4,9,11,15,19H,5-8,10,12H2. The summed E-state index contributed by atoms with van der Waals surface area (Å²) in [4.78, 5) is 11.5. The number of nitrogens with zero attached hydrogens (tertiary/aromatic N) is 3. The lowest BCUT2D eigenvalue weighted by Crippen LogP contribution is -2.31. The summed E-state index contributed by atoms with van der Waals surface area (Å²) in [6.07, 6.45) is 7.44. The molecule has 4 heteroatoms. The normalized spacial score (nSPS) is 17.6. The number of benzene rings is 1. The Labute approximate surface area is 125 Å². The largest absolute Gasteiger partial charge is 0.351 e. The van der Waals surface area contributed by atoms with Crippen molar-refractivity contribution < 1.29 is 0 Å². The molecule has 0 spiro atoms. The molecular weight excluding hydrogens is 260 g/mol. The van der Waals surface area contributed by atoms with Crippen molar-refractivity contribution in [1.82, 2.24) is 15.3 Å². The predicted molar refractivity (Wildman–Crippen MR) is 83.1 cm³/mol. The van der Waals surface area contributed by atoms with Gasteiger partial charge in [0.05, 0.1) is 11.9 Å². The van der Waals surface area contributed by atoms with Crippen LogP contribution in [0.25, 0.3) is 0 Å².